The highest BCUT2D eigenvalue weighted by atomic mass is 16.3. The first-order valence-electron chi connectivity index (χ1n) is 11.5. The molecule has 190 valence electrons. The van der Waals surface area contributed by atoms with Crippen molar-refractivity contribution in [2.24, 2.45) is 11.5 Å². The van der Waals surface area contributed by atoms with Crippen LogP contribution in [0.15, 0.2) is 65.6 Å². The number of benzene rings is 2. The minimum Gasteiger partial charge on any atom is -0.394 e. The zero-order valence-corrected chi connectivity index (χ0v) is 20.1. The van der Waals surface area contributed by atoms with Crippen molar-refractivity contribution in [3.8, 4) is 5.69 Å². The number of hydrogen-bond donors (Lipinski definition) is 7. The second-order valence-corrected chi connectivity index (χ2v) is 8.58. The summed E-state index contributed by atoms with van der Waals surface area (Å²) in [6.07, 6.45) is 2.49. The first kappa shape index (κ1) is 26.7. The van der Waals surface area contributed by atoms with E-state index in [9.17, 15) is 19.5 Å². The molecular formula is C25H32N7O4+. The Kier molecular flexibility index (Phi) is 9.03. The van der Waals surface area contributed by atoms with E-state index in [2.05, 4.69) is 20.9 Å². The van der Waals surface area contributed by atoms with Gasteiger partial charge in [-0.2, -0.15) is 14.3 Å². The molecule has 0 fully saturated rings. The van der Waals surface area contributed by atoms with Crippen LogP contribution in [0.5, 0.6) is 0 Å². The number of H-pyrrole nitrogens is 1. The van der Waals surface area contributed by atoms with Gasteiger partial charge < -0.3 is 27.2 Å². The molecule has 36 heavy (non-hydrogen) atoms. The fraction of sp³-hybridized carbons (Fsp3) is 0.280. The van der Waals surface area contributed by atoms with Crippen molar-refractivity contribution in [1.82, 2.24) is 10.3 Å². The van der Waals surface area contributed by atoms with Gasteiger partial charge in [0, 0.05) is 23.9 Å². The summed E-state index contributed by atoms with van der Waals surface area (Å²) in [5.41, 5.74) is 11.9. The number of aliphatic hydroxyl groups is 1. The lowest BCUT2D eigenvalue weighted by atomic mass is 10.0. The number of amides is 2. The number of aromatic nitrogens is 2. The third-order valence-electron chi connectivity index (χ3n) is 5.45. The standard InChI is InChI=1S/C25H31N7O4/c1-25(27,16-33)23(35)29-19-7-5-18(6-8-19)22(34)30-21-11-14-32(24(36)31-21)20-9-3-17(4-10-20)15-28-13-2-12-26/h3-11,14,28,33H,2,12-13,15-16,26-27H2,1H3,(H2,29,30,31,34,35,36)/p+1/t25-/m0/s1. The summed E-state index contributed by atoms with van der Waals surface area (Å²) in [6.45, 7) is 3.11. The minimum atomic E-state index is -1.42. The van der Waals surface area contributed by atoms with E-state index < -0.39 is 29.6 Å². The number of carbonyl (C=O) groups excluding carboxylic acids is 2. The van der Waals surface area contributed by atoms with Crippen molar-refractivity contribution < 1.29 is 19.3 Å². The van der Waals surface area contributed by atoms with E-state index in [1.165, 1.54) is 23.6 Å². The lowest BCUT2D eigenvalue weighted by Crippen LogP contribution is -2.51. The van der Waals surface area contributed by atoms with Gasteiger partial charge >= 0.3 is 5.69 Å². The summed E-state index contributed by atoms with van der Waals surface area (Å²) in [5.74, 6) is -0.751. The van der Waals surface area contributed by atoms with Crippen LogP contribution in [-0.4, -0.2) is 47.1 Å². The van der Waals surface area contributed by atoms with Crippen molar-refractivity contribution in [3.05, 3.63) is 82.4 Å². The Balaban J connectivity index is 1.61. The molecule has 3 rings (SSSR count). The predicted octanol–water partition coefficient (Wildman–Crippen LogP) is -0.00950. The molecule has 0 aliphatic heterocycles. The van der Waals surface area contributed by atoms with Gasteiger partial charge in [-0.25, -0.2) is 0 Å². The molecule has 0 spiro atoms. The number of rotatable bonds is 11. The Morgan fingerprint density at radius 2 is 1.75 bits per heavy atom. The largest absolute Gasteiger partial charge is 0.502 e. The Labute approximate surface area is 208 Å². The average molecular weight is 495 g/mol. The Bertz CT molecular complexity index is 1240. The second kappa shape index (κ2) is 12.2. The van der Waals surface area contributed by atoms with Gasteiger partial charge in [0.25, 0.3) is 5.91 Å². The van der Waals surface area contributed by atoms with Crippen LogP contribution in [0.4, 0.5) is 11.5 Å². The van der Waals surface area contributed by atoms with Gasteiger partial charge in [0.05, 0.1) is 6.61 Å². The third-order valence-corrected chi connectivity index (χ3v) is 5.45. The average Bonchev–Trinajstić information content (AvgIpc) is 2.87. The number of carbonyl (C=O) groups is 2. The Hall–Kier alpha value is -3.90. The van der Waals surface area contributed by atoms with Gasteiger partial charge in [-0.1, -0.05) is 12.1 Å². The van der Waals surface area contributed by atoms with Crippen LogP contribution in [0, 0.1) is 0 Å². The Morgan fingerprint density at radius 3 is 2.36 bits per heavy atom. The number of nitrogens with zero attached hydrogens (tertiary/aromatic N) is 1. The van der Waals surface area contributed by atoms with Gasteiger partial charge in [0.1, 0.15) is 17.4 Å². The minimum absolute atomic E-state index is 0.237. The summed E-state index contributed by atoms with van der Waals surface area (Å²) in [7, 11) is 0. The van der Waals surface area contributed by atoms with Crippen LogP contribution in [0.3, 0.4) is 0 Å². The number of nitrogens with two attached hydrogens (primary N) is 2. The maximum absolute atomic E-state index is 12.6. The Morgan fingerprint density at radius 1 is 1.06 bits per heavy atom. The summed E-state index contributed by atoms with van der Waals surface area (Å²) < 4.78 is 1.44. The highest BCUT2D eigenvalue weighted by Gasteiger charge is 2.27. The maximum Gasteiger partial charge on any atom is 0.502 e. The normalized spacial score (nSPS) is 12.6. The quantitative estimate of drug-likeness (QED) is 0.145. The zero-order valence-electron chi connectivity index (χ0n) is 20.1. The number of nitrogens with one attached hydrogen (secondary N) is 4. The smallest absolute Gasteiger partial charge is 0.394 e. The van der Waals surface area contributed by atoms with Crippen LogP contribution in [0.1, 0.15) is 29.3 Å². The van der Waals surface area contributed by atoms with Crippen LogP contribution in [-0.2, 0) is 11.3 Å². The first-order valence-corrected chi connectivity index (χ1v) is 11.5. The highest BCUT2D eigenvalue weighted by Crippen LogP contribution is 2.13. The molecule has 11 nitrogen and oxygen atoms in total. The van der Waals surface area contributed by atoms with Crippen molar-refractivity contribution in [1.29, 1.82) is 0 Å². The van der Waals surface area contributed by atoms with E-state index in [-0.39, 0.29) is 5.82 Å². The van der Waals surface area contributed by atoms with Gasteiger partial charge in [-0.3, -0.25) is 14.9 Å². The molecule has 9 N–H and O–H groups in total. The van der Waals surface area contributed by atoms with Crippen molar-refractivity contribution in [2.45, 2.75) is 25.4 Å². The maximum atomic E-state index is 12.6. The molecule has 11 heteroatoms. The molecule has 2 amide bonds. The van der Waals surface area contributed by atoms with E-state index in [0.29, 0.717) is 30.0 Å². The lowest BCUT2D eigenvalue weighted by molar-refractivity contribution is -0.614. The van der Waals surface area contributed by atoms with Crippen molar-refractivity contribution >= 4 is 23.3 Å². The van der Waals surface area contributed by atoms with E-state index in [0.717, 1.165) is 18.5 Å². The summed E-state index contributed by atoms with van der Waals surface area (Å²) in [4.78, 5) is 39.9. The number of aliphatic hydroxyl groups excluding tert-OH is 1. The van der Waals surface area contributed by atoms with Crippen LogP contribution in [0.2, 0.25) is 0 Å². The molecule has 0 saturated heterocycles. The fourth-order valence-electron chi connectivity index (χ4n) is 3.19. The summed E-state index contributed by atoms with van der Waals surface area (Å²) >= 11 is 0. The summed E-state index contributed by atoms with van der Waals surface area (Å²) in [6, 6.07) is 15.3. The van der Waals surface area contributed by atoms with E-state index in [1.807, 2.05) is 24.3 Å². The van der Waals surface area contributed by atoms with Crippen molar-refractivity contribution in [3.63, 3.8) is 0 Å². The van der Waals surface area contributed by atoms with Gasteiger partial charge in [-0.15, -0.1) is 0 Å². The molecule has 3 aromatic rings. The number of aromatic amines is 1. The van der Waals surface area contributed by atoms with E-state index >= 15 is 0 Å². The molecule has 0 aliphatic carbocycles. The lowest BCUT2D eigenvalue weighted by Gasteiger charge is -2.20. The fourth-order valence-corrected chi connectivity index (χ4v) is 3.19. The molecule has 0 radical (unpaired) electrons. The van der Waals surface area contributed by atoms with E-state index in [1.54, 1.807) is 24.4 Å². The van der Waals surface area contributed by atoms with Gasteiger partial charge in [0.15, 0.2) is 0 Å². The molecule has 0 saturated carbocycles. The van der Waals surface area contributed by atoms with Crippen molar-refractivity contribution in [2.75, 3.05) is 30.3 Å². The number of hydrogen-bond acceptors (Lipinski definition) is 7. The molecule has 1 aromatic heterocycles. The first-order chi connectivity index (χ1) is 17.2. The molecule has 0 unspecified atom stereocenters. The monoisotopic (exact) mass is 494 g/mol. The second-order valence-electron chi connectivity index (χ2n) is 8.58. The topological polar surface area (TPSA) is 179 Å². The van der Waals surface area contributed by atoms with Crippen LogP contribution >= 0.6 is 0 Å². The van der Waals surface area contributed by atoms with E-state index in [4.69, 9.17) is 11.5 Å². The molecule has 1 atom stereocenters. The van der Waals surface area contributed by atoms with Crippen LogP contribution in [0.25, 0.3) is 5.69 Å². The third kappa shape index (κ3) is 7.06. The SMILES string of the molecule is C[C@](N)(CO)C(=O)Nc1ccc(C(=O)Nc2cc[n+](-c3ccc(CNCCCN)cc3)c(=O)[nH]2)cc1. The highest BCUT2D eigenvalue weighted by molar-refractivity contribution is 6.04. The number of anilines is 2. The molecule has 0 aliphatic rings. The predicted molar refractivity (Wildman–Crippen MR) is 137 cm³/mol. The van der Waals surface area contributed by atoms with Crippen LogP contribution < -0.4 is 37.7 Å². The van der Waals surface area contributed by atoms with Gasteiger partial charge in [0.2, 0.25) is 11.7 Å². The zero-order chi connectivity index (χ0) is 26.1. The molecule has 1 heterocycles. The summed E-state index contributed by atoms with van der Waals surface area (Å²) in [5, 5.41) is 17.7. The molecular weight excluding hydrogens is 462 g/mol. The molecule has 2 aromatic carbocycles. The molecule has 0 bridgehead atoms. The van der Waals surface area contributed by atoms with Gasteiger partial charge in [-0.05, 0) is 68.4 Å².